The largest absolute Gasteiger partial charge is 0.447 e. The molecule has 86 valence electrons. The molecule has 0 aromatic carbocycles. The molecule has 0 saturated carbocycles. The number of hydrogen-bond donors (Lipinski definition) is 0. The van der Waals surface area contributed by atoms with Gasteiger partial charge in [0.25, 0.3) is 0 Å². The fourth-order valence-corrected chi connectivity index (χ4v) is 1.26. The first-order valence-electron chi connectivity index (χ1n) is 5.30. The van der Waals surface area contributed by atoms with Crippen molar-refractivity contribution in [1.82, 2.24) is 4.90 Å². The van der Waals surface area contributed by atoms with Gasteiger partial charge < -0.3 is 9.47 Å². The Hall–Kier alpha value is -1.10. The van der Waals surface area contributed by atoms with Crippen LogP contribution in [0.4, 0.5) is 4.79 Å². The first-order chi connectivity index (χ1) is 7.25. The van der Waals surface area contributed by atoms with Gasteiger partial charge in [0.1, 0.15) is 6.61 Å². The van der Waals surface area contributed by atoms with Crippen LogP contribution in [-0.2, 0) is 14.3 Å². The summed E-state index contributed by atoms with van der Waals surface area (Å²) in [5, 5.41) is 0. The Kier molecular flexibility index (Phi) is 5.10. The summed E-state index contributed by atoms with van der Waals surface area (Å²) in [6, 6.07) is 0. The molecule has 1 aliphatic heterocycles. The van der Waals surface area contributed by atoms with Crippen molar-refractivity contribution >= 4 is 12.0 Å². The Bertz CT molecular complexity index is 229. The standard InChI is InChI=1S/C10H17NO4/c1-2-3-6-14-7-4-9(12)11-5-8-15-10(11)13/h2-8H2,1H3. The molecule has 0 aromatic rings. The van der Waals surface area contributed by atoms with Crippen LogP contribution in [-0.4, -0.2) is 43.3 Å². The lowest BCUT2D eigenvalue weighted by atomic mass is 10.3. The molecule has 0 bridgehead atoms. The van der Waals surface area contributed by atoms with Gasteiger partial charge in [0, 0.05) is 6.61 Å². The third kappa shape index (κ3) is 3.87. The number of amides is 2. The molecule has 1 fully saturated rings. The van der Waals surface area contributed by atoms with Crippen molar-refractivity contribution in [3.63, 3.8) is 0 Å². The van der Waals surface area contributed by atoms with Crippen molar-refractivity contribution in [2.45, 2.75) is 26.2 Å². The van der Waals surface area contributed by atoms with Crippen LogP contribution in [0.25, 0.3) is 0 Å². The van der Waals surface area contributed by atoms with Crippen molar-refractivity contribution in [3.05, 3.63) is 0 Å². The normalized spacial score (nSPS) is 15.5. The van der Waals surface area contributed by atoms with Gasteiger partial charge in [-0.25, -0.2) is 9.69 Å². The second-order valence-electron chi connectivity index (χ2n) is 3.38. The summed E-state index contributed by atoms with van der Waals surface area (Å²) in [5.74, 6) is -0.214. The maximum atomic E-state index is 11.4. The molecule has 0 spiro atoms. The maximum Gasteiger partial charge on any atom is 0.416 e. The monoisotopic (exact) mass is 215 g/mol. The van der Waals surface area contributed by atoms with E-state index in [2.05, 4.69) is 11.7 Å². The van der Waals surface area contributed by atoms with Crippen LogP contribution in [0.1, 0.15) is 26.2 Å². The van der Waals surface area contributed by atoms with Gasteiger partial charge in [0.15, 0.2) is 0 Å². The Morgan fingerprint density at radius 1 is 1.53 bits per heavy atom. The van der Waals surface area contributed by atoms with Crippen LogP contribution in [0.3, 0.4) is 0 Å². The molecule has 0 aliphatic carbocycles. The average Bonchev–Trinajstić information content (AvgIpc) is 2.64. The minimum absolute atomic E-state index is 0.214. The van der Waals surface area contributed by atoms with Crippen molar-refractivity contribution in [3.8, 4) is 0 Å². The summed E-state index contributed by atoms with van der Waals surface area (Å²) in [6.45, 7) is 3.81. The predicted molar refractivity (Wildman–Crippen MR) is 53.4 cm³/mol. The highest BCUT2D eigenvalue weighted by atomic mass is 16.6. The van der Waals surface area contributed by atoms with Gasteiger partial charge in [0.05, 0.1) is 19.6 Å². The summed E-state index contributed by atoms with van der Waals surface area (Å²) < 4.78 is 9.90. The fraction of sp³-hybridized carbons (Fsp3) is 0.800. The number of unbranched alkanes of at least 4 members (excludes halogenated alkanes) is 1. The van der Waals surface area contributed by atoms with Gasteiger partial charge in [-0.1, -0.05) is 13.3 Å². The van der Waals surface area contributed by atoms with E-state index in [4.69, 9.17) is 4.74 Å². The molecule has 1 saturated heterocycles. The molecule has 0 unspecified atom stereocenters. The van der Waals surface area contributed by atoms with Gasteiger partial charge in [-0.05, 0) is 6.42 Å². The molecule has 1 rings (SSSR count). The number of rotatable bonds is 6. The fourth-order valence-electron chi connectivity index (χ4n) is 1.26. The maximum absolute atomic E-state index is 11.4. The number of ether oxygens (including phenoxy) is 2. The summed E-state index contributed by atoms with van der Waals surface area (Å²) in [7, 11) is 0. The minimum Gasteiger partial charge on any atom is -0.447 e. The Morgan fingerprint density at radius 2 is 2.33 bits per heavy atom. The van der Waals surface area contributed by atoms with Crippen LogP contribution < -0.4 is 0 Å². The molecule has 1 aliphatic rings. The second kappa shape index (κ2) is 6.40. The Labute approximate surface area is 89.3 Å². The second-order valence-corrected chi connectivity index (χ2v) is 3.38. The van der Waals surface area contributed by atoms with Gasteiger partial charge in [-0.15, -0.1) is 0 Å². The van der Waals surface area contributed by atoms with E-state index in [1.54, 1.807) is 0 Å². The molecule has 0 aromatic heterocycles. The van der Waals surface area contributed by atoms with Crippen LogP contribution in [0.2, 0.25) is 0 Å². The average molecular weight is 215 g/mol. The van der Waals surface area contributed by atoms with E-state index in [0.29, 0.717) is 26.4 Å². The Balaban J connectivity index is 2.10. The number of carbonyl (C=O) groups is 2. The van der Waals surface area contributed by atoms with E-state index in [1.165, 1.54) is 0 Å². The Morgan fingerprint density at radius 3 is 2.93 bits per heavy atom. The molecular formula is C10H17NO4. The van der Waals surface area contributed by atoms with E-state index >= 15 is 0 Å². The van der Waals surface area contributed by atoms with Crippen molar-refractivity contribution in [2.75, 3.05) is 26.4 Å². The van der Waals surface area contributed by atoms with Gasteiger partial charge >= 0.3 is 6.09 Å². The van der Waals surface area contributed by atoms with Crippen LogP contribution in [0, 0.1) is 0 Å². The van der Waals surface area contributed by atoms with E-state index < -0.39 is 6.09 Å². The van der Waals surface area contributed by atoms with E-state index in [9.17, 15) is 9.59 Å². The number of hydrogen-bond acceptors (Lipinski definition) is 4. The van der Waals surface area contributed by atoms with Gasteiger partial charge in [0.2, 0.25) is 5.91 Å². The highest BCUT2D eigenvalue weighted by molar-refractivity contribution is 5.92. The zero-order valence-electron chi connectivity index (χ0n) is 9.03. The predicted octanol–water partition coefficient (Wildman–Crippen LogP) is 1.17. The molecule has 5 heteroatoms. The summed E-state index contributed by atoms with van der Waals surface area (Å²) >= 11 is 0. The van der Waals surface area contributed by atoms with Crippen LogP contribution in [0.5, 0.6) is 0 Å². The molecule has 15 heavy (non-hydrogen) atoms. The highest BCUT2D eigenvalue weighted by Gasteiger charge is 2.27. The molecule has 2 amide bonds. The SMILES string of the molecule is CCCCOCCC(=O)N1CCOC1=O. The lowest BCUT2D eigenvalue weighted by Crippen LogP contribution is -2.32. The van der Waals surface area contributed by atoms with Crippen molar-refractivity contribution in [1.29, 1.82) is 0 Å². The van der Waals surface area contributed by atoms with Crippen molar-refractivity contribution in [2.24, 2.45) is 0 Å². The summed E-state index contributed by atoms with van der Waals surface area (Å²) in [6.07, 6.45) is 1.79. The molecule has 1 heterocycles. The molecular weight excluding hydrogens is 198 g/mol. The number of imide groups is 1. The summed E-state index contributed by atoms with van der Waals surface area (Å²) in [5.41, 5.74) is 0. The van der Waals surface area contributed by atoms with Crippen molar-refractivity contribution < 1.29 is 19.1 Å². The first-order valence-corrected chi connectivity index (χ1v) is 5.30. The lowest BCUT2D eigenvalue weighted by Gasteiger charge is -2.10. The van der Waals surface area contributed by atoms with E-state index in [-0.39, 0.29) is 12.3 Å². The van der Waals surface area contributed by atoms with Gasteiger partial charge in [-0.3, -0.25) is 4.79 Å². The highest BCUT2D eigenvalue weighted by Crippen LogP contribution is 2.05. The van der Waals surface area contributed by atoms with Crippen LogP contribution in [0.15, 0.2) is 0 Å². The number of carbonyl (C=O) groups excluding carboxylic acids is 2. The molecule has 0 atom stereocenters. The quantitative estimate of drug-likeness (QED) is 0.624. The smallest absolute Gasteiger partial charge is 0.416 e. The molecule has 0 radical (unpaired) electrons. The topological polar surface area (TPSA) is 55.8 Å². The zero-order chi connectivity index (χ0) is 11.1. The first kappa shape index (κ1) is 12.0. The third-order valence-corrected chi connectivity index (χ3v) is 2.16. The third-order valence-electron chi connectivity index (χ3n) is 2.16. The lowest BCUT2D eigenvalue weighted by molar-refractivity contribution is -0.128. The molecule has 5 nitrogen and oxygen atoms in total. The van der Waals surface area contributed by atoms with Crippen LogP contribution >= 0.6 is 0 Å². The number of cyclic esters (lactones) is 1. The van der Waals surface area contributed by atoms with Gasteiger partial charge in [-0.2, -0.15) is 0 Å². The zero-order valence-corrected chi connectivity index (χ0v) is 9.03. The summed E-state index contributed by atoms with van der Waals surface area (Å²) in [4.78, 5) is 23.6. The van der Waals surface area contributed by atoms with E-state index in [1.807, 2.05) is 0 Å². The minimum atomic E-state index is -0.534. The number of nitrogens with zero attached hydrogens (tertiary/aromatic N) is 1. The molecule has 0 N–H and O–H groups in total. The van der Waals surface area contributed by atoms with E-state index in [0.717, 1.165) is 17.7 Å².